The van der Waals surface area contributed by atoms with Crippen LogP contribution in [0.15, 0.2) is 24.3 Å². The molecule has 0 spiro atoms. The van der Waals surface area contributed by atoms with E-state index >= 15 is 0 Å². The summed E-state index contributed by atoms with van der Waals surface area (Å²) >= 11 is 5.52. The van der Waals surface area contributed by atoms with Crippen LogP contribution in [0.1, 0.15) is 45.1 Å². The maximum absolute atomic E-state index is 13.8. The molecule has 0 saturated carbocycles. The van der Waals surface area contributed by atoms with E-state index in [1.165, 1.54) is 6.07 Å². The Morgan fingerprint density at radius 2 is 1.95 bits per heavy atom. The summed E-state index contributed by atoms with van der Waals surface area (Å²) in [5, 5.41) is 0. The summed E-state index contributed by atoms with van der Waals surface area (Å²) in [6.07, 6.45) is 4.57. The average Bonchev–Trinajstić information content (AvgIpc) is 2.35. The van der Waals surface area contributed by atoms with Crippen molar-refractivity contribution < 1.29 is 9.13 Å². The van der Waals surface area contributed by atoms with Gasteiger partial charge < -0.3 is 4.74 Å². The number of ether oxygens (including phenoxy) is 1. The molecule has 3 atom stereocenters. The normalized spacial score (nSPS) is 28.5. The van der Waals surface area contributed by atoms with E-state index in [4.69, 9.17) is 17.0 Å². The zero-order valence-electron chi connectivity index (χ0n) is 11.6. The molecule has 1 saturated heterocycles. The van der Waals surface area contributed by atoms with Crippen LogP contribution in [0.3, 0.4) is 0 Å². The quantitative estimate of drug-likeness (QED) is 0.581. The van der Waals surface area contributed by atoms with Crippen molar-refractivity contribution >= 4 is 17.1 Å². The number of rotatable bonds is 2. The van der Waals surface area contributed by atoms with Gasteiger partial charge in [0.25, 0.3) is 0 Å². The highest BCUT2D eigenvalue weighted by atomic mass is 32.1. The maximum atomic E-state index is 13.8. The molecule has 1 unspecified atom stereocenters. The molecule has 3 heteroatoms. The molecule has 1 aromatic rings. The third-order valence-corrected chi connectivity index (χ3v) is 4.31. The summed E-state index contributed by atoms with van der Waals surface area (Å²) in [5.74, 6) is 0.0332. The average molecular weight is 280 g/mol. The van der Waals surface area contributed by atoms with Crippen LogP contribution < -0.4 is 0 Å². The molecule has 1 nitrogen and oxygen atoms in total. The largest absolute Gasteiger partial charge is 0.376 e. The van der Waals surface area contributed by atoms with Crippen LogP contribution in [0.4, 0.5) is 4.39 Å². The highest BCUT2D eigenvalue weighted by Crippen LogP contribution is 2.27. The number of thiocarbonyl (C=S) groups is 1. The van der Waals surface area contributed by atoms with Gasteiger partial charge in [-0.25, -0.2) is 4.39 Å². The van der Waals surface area contributed by atoms with E-state index in [2.05, 4.69) is 13.8 Å². The molecular formula is C16H21FOS. The zero-order valence-corrected chi connectivity index (χ0v) is 12.4. The number of halogens is 1. The van der Waals surface area contributed by atoms with Crippen molar-refractivity contribution in [3.05, 3.63) is 35.6 Å². The van der Waals surface area contributed by atoms with Gasteiger partial charge in [-0.2, -0.15) is 0 Å². The van der Waals surface area contributed by atoms with Gasteiger partial charge in [-0.05, 0) is 45.1 Å². The Morgan fingerprint density at radius 3 is 2.68 bits per heavy atom. The first kappa shape index (κ1) is 14.6. The number of hydrogen-bond acceptors (Lipinski definition) is 2. The van der Waals surface area contributed by atoms with Gasteiger partial charge in [0.05, 0.1) is 12.2 Å². The fourth-order valence-corrected chi connectivity index (χ4v) is 3.19. The van der Waals surface area contributed by atoms with Crippen LogP contribution in [0.5, 0.6) is 0 Å². The molecule has 0 N–H and O–H groups in total. The van der Waals surface area contributed by atoms with Crippen molar-refractivity contribution in [2.45, 2.75) is 51.7 Å². The summed E-state index contributed by atoms with van der Waals surface area (Å²) in [6, 6.07) is 6.81. The fourth-order valence-electron chi connectivity index (χ4n) is 2.81. The first-order valence-electron chi connectivity index (χ1n) is 7.02. The molecule has 1 aliphatic heterocycles. The van der Waals surface area contributed by atoms with Crippen molar-refractivity contribution in [2.24, 2.45) is 5.92 Å². The van der Waals surface area contributed by atoms with Gasteiger partial charge in [-0.1, -0.05) is 36.8 Å². The topological polar surface area (TPSA) is 9.23 Å². The van der Waals surface area contributed by atoms with Crippen molar-refractivity contribution in [2.75, 3.05) is 0 Å². The van der Waals surface area contributed by atoms with Crippen LogP contribution >= 0.6 is 12.2 Å². The monoisotopic (exact) mass is 280 g/mol. The second-order valence-electron chi connectivity index (χ2n) is 5.46. The van der Waals surface area contributed by atoms with E-state index in [1.807, 2.05) is 6.07 Å². The minimum Gasteiger partial charge on any atom is -0.376 e. The fraction of sp³-hybridized carbons (Fsp3) is 0.562. The van der Waals surface area contributed by atoms with Crippen molar-refractivity contribution in [1.29, 1.82) is 0 Å². The summed E-state index contributed by atoms with van der Waals surface area (Å²) in [5.41, 5.74) is 0.586. The second-order valence-corrected chi connectivity index (χ2v) is 5.90. The summed E-state index contributed by atoms with van der Waals surface area (Å²) in [6.45, 7) is 4.20. The Bertz CT molecular complexity index is 446. The molecule has 104 valence electrons. The Morgan fingerprint density at radius 1 is 1.21 bits per heavy atom. The molecule has 0 amide bonds. The molecule has 1 fully saturated rings. The molecular weight excluding hydrogens is 259 g/mol. The standard InChI is InChI=1S/C16H21FOS/c1-11-6-5-7-13(10-12(2)18-11)16(19)14-8-3-4-9-15(14)17/h3-4,8-9,11-13H,5-7,10H2,1-2H3/t11-,12-,13?/m1/s1. The van der Waals surface area contributed by atoms with Crippen LogP contribution in [0.25, 0.3) is 0 Å². The van der Waals surface area contributed by atoms with Crippen LogP contribution in [0.2, 0.25) is 0 Å². The predicted molar refractivity (Wildman–Crippen MR) is 80.1 cm³/mol. The smallest absolute Gasteiger partial charge is 0.131 e. The van der Waals surface area contributed by atoms with E-state index in [0.717, 1.165) is 30.5 Å². The Kier molecular flexibility index (Phi) is 5.06. The van der Waals surface area contributed by atoms with Gasteiger partial charge in [0, 0.05) is 10.4 Å². The SMILES string of the molecule is C[C@@H]1CCCC(C(=S)c2ccccc2F)C[C@@H](C)O1. The predicted octanol–water partition coefficient (Wildman–Crippen LogP) is 4.53. The molecule has 0 radical (unpaired) electrons. The van der Waals surface area contributed by atoms with Crippen LogP contribution in [0, 0.1) is 11.7 Å². The van der Waals surface area contributed by atoms with E-state index < -0.39 is 0 Å². The minimum atomic E-state index is -0.212. The first-order valence-corrected chi connectivity index (χ1v) is 7.43. The molecule has 0 aromatic heterocycles. The lowest BCUT2D eigenvalue weighted by Gasteiger charge is -2.28. The molecule has 1 aliphatic rings. The molecule has 1 heterocycles. The number of hydrogen-bond donors (Lipinski definition) is 0. The van der Waals surface area contributed by atoms with Gasteiger partial charge in [-0.3, -0.25) is 0 Å². The van der Waals surface area contributed by atoms with E-state index in [0.29, 0.717) is 11.7 Å². The summed E-state index contributed by atoms with van der Waals surface area (Å²) in [4.78, 5) is 0.753. The number of benzene rings is 1. The molecule has 0 aliphatic carbocycles. The third-order valence-electron chi connectivity index (χ3n) is 3.75. The molecule has 0 bridgehead atoms. The van der Waals surface area contributed by atoms with Crippen molar-refractivity contribution in [3.63, 3.8) is 0 Å². The van der Waals surface area contributed by atoms with Crippen molar-refractivity contribution in [1.82, 2.24) is 0 Å². The van der Waals surface area contributed by atoms with Crippen LogP contribution in [-0.2, 0) is 4.74 Å². The zero-order chi connectivity index (χ0) is 13.8. The minimum absolute atomic E-state index is 0.185. The second kappa shape index (κ2) is 6.58. The maximum Gasteiger partial charge on any atom is 0.131 e. The summed E-state index contributed by atoms with van der Waals surface area (Å²) in [7, 11) is 0. The highest BCUT2D eigenvalue weighted by molar-refractivity contribution is 7.80. The van der Waals surface area contributed by atoms with Gasteiger partial charge in [-0.15, -0.1) is 0 Å². The van der Waals surface area contributed by atoms with E-state index in [-0.39, 0.29) is 17.8 Å². The molecule has 1 aromatic carbocycles. The highest BCUT2D eigenvalue weighted by Gasteiger charge is 2.24. The lowest BCUT2D eigenvalue weighted by molar-refractivity contribution is -0.0142. The Hall–Kier alpha value is -0.800. The van der Waals surface area contributed by atoms with Crippen LogP contribution in [-0.4, -0.2) is 17.1 Å². The third kappa shape index (κ3) is 3.83. The van der Waals surface area contributed by atoms with Gasteiger partial charge in [0.15, 0.2) is 0 Å². The molecule has 19 heavy (non-hydrogen) atoms. The lowest BCUT2D eigenvalue weighted by atomic mass is 9.87. The van der Waals surface area contributed by atoms with Gasteiger partial charge >= 0.3 is 0 Å². The lowest BCUT2D eigenvalue weighted by Crippen LogP contribution is -2.27. The van der Waals surface area contributed by atoms with Gasteiger partial charge in [0.2, 0.25) is 0 Å². The van der Waals surface area contributed by atoms with E-state index in [1.54, 1.807) is 12.1 Å². The Labute approximate surface area is 120 Å². The summed E-state index contributed by atoms with van der Waals surface area (Å²) < 4.78 is 19.7. The molecule has 2 rings (SSSR count). The Balaban J connectivity index is 2.12. The van der Waals surface area contributed by atoms with Gasteiger partial charge in [0.1, 0.15) is 5.82 Å². The first-order chi connectivity index (χ1) is 9.08. The van der Waals surface area contributed by atoms with E-state index in [9.17, 15) is 4.39 Å². The van der Waals surface area contributed by atoms with Crippen molar-refractivity contribution in [3.8, 4) is 0 Å².